The fourth-order valence-electron chi connectivity index (χ4n) is 2.23. The highest BCUT2D eigenvalue weighted by atomic mass is 19.1. The molecule has 1 aromatic heterocycles. The Morgan fingerprint density at radius 3 is 3.00 bits per heavy atom. The molecule has 0 unspecified atom stereocenters. The van der Waals surface area contributed by atoms with Crippen LogP contribution in [0.4, 0.5) is 10.1 Å². The largest absolute Gasteiger partial charge is 0.491 e. The van der Waals surface area contributed by atoms with Gasteiger partial charge in [0.2, 0.25) is 0 Å². The molecule has 0 saturated heterocycles. The number of rotatable bonds is 6. The van der Waals surface area contributed by atoms with Crippen LogP contribution in [0.1, 0.15) is 31.5 Å². The van der Waals surface area contributed by atoms with E-state index in [1.165, 1.54) is 18.9 Å². The first-order chi connectivity index (χ1) is 9.78. The van der Waals surface area contributed by atoms with E-state index in [1.807, 2.05) is 25.5 Å². The number of halogens is 1. The summed E-state index contributed by atoms with van der Waals surface area (Å²) in [5, 5.41) is 3.22. The highest BCUT2D eigenvalue weighted by molar-refractivity contribution is 5.47. The van der Waals surface area contributed by atoms with Crippen LogP contribution in [-0.2, 0) is 6.54 Å². The third-order valence-corrected chi connectivity index (χ3v) is 3.39. The lowest BCUT2D eigenvalue weighted by Crippen LogP contribution is -2.06. The molecule has 4 nitrogen and oxygen atoms in total. The Hall–Kier alpha value is -2.04. The monoisotopic (exact) mass is 275 g/mol. The summed E-state index contributed by atoms with van der Waals surface area (Å²) in [7, 11) is 0. The number of anilines is 1. The van der Waals surface area contributed by atoms with E-state index in [0.29, 0.717) is 24.9 Å². The lowest BCUT2D eigenvalue weighted by molar-refractivity contribution is 0.321. The maximum Gasteiger partial charge on any atom is 0.167 e. The van der Waals surface area contributed by atoms with Gasteiger partial charge >= 0.3 is 0 Å². The van der Waals surface area contributed by atoms with Gasteiger partial charge in [-0.25, -0.2) is 9.37 Å². The SMILES string of the molecule is CCOc1ccc(NCc2cncn2C2CC2)cc1F. The molecule has 1 aromatic carbocycles. The predicted molar refractivity (Wildman–Crippen MR) is 75.4 cm³/mol. The molecule has 1 aliphatic rings. The summed E-state index contributed by atoms with van der Waals surface area (Å²) in [6.07, 6.45) is 6.17. The number of hydrogen-bond acceptors (Lipinski definition) is 3. The van der Waals surface area contributed by atoms with Gasteiger partial charge in [-0.05, 0) is 31.9 Å². The first kappa shape index (κ1) is 13.0. The molecular formula is C15H18FN3O. The molecule has 20 heavy (non-hydrogen) atoms. The zero-order valence-electron chi connectivity index (χ0n) is 11.5. The molecule has 1 aliphatic carbocycles. The summed E-state index contributed by atoms with van der Waals surface area (Å²) in [5.74, 6) is -0.0476. The van der Waals surface area contributed by atoms with Gasteiger partial charge in [0, 0.05) is 24.0 Å². The fourth-order valence-corrected chi connectivity index (χ4v) is 2.23. The van der Waals surface area contributed by atoms with Crippen LogP contribution < -0.4 is 10.1 Å². The predicted octanol–water partition coefficient (Wildman–Crippen LogP) is 3.37. The number of nitrogens with one attached hydrogen (secondary N) is 1. The van der Waals surface area contributed by atoms with Crippen molar-refractivity contribution in [2.75, 3.05) is 11.9 Å². The Labute approximate surface area is 117 Å². The van der Waals surface area contributed by atoms with Crippen LogP contribution in [0.15, 0.2) is 30.7 Å². The number of nitrogens with zero attached hydrogens (tertiary/aromatic N) is 2. The molecule has 0 spiro atoms. The van der Waals surface area contributed by atoms with Crippen LogP contribution in [0.5, 0.6) is 5.75 Å². The Morgan fingerprint density at radius 1 is 1.45 bits per heavy atom. The van der Waals surface area contributed by atoms with Crippen molar-refractivity contribution in [3.05, 3.63) is 42.2 Å². The summed E-state index contributed by atoms with van der Waals surface area (Å²) >= 11 is 0. The van der Waals surface area contributed by atoms with Crippen LogP contribution in [0.2, 0.25) is 0 Å². The molecular weight excluding hydrogens is 257 g/mol. The van der Waals surface area contributed by atoms with E-state index in [1.54, 1.807) is 6.07 Å². The molecule has 0 atom stereocenters. The molecule has 2 aromatic rings. The molecule has 0 aliphatic heterocycles. The number of hydrogen-bond donors (Lipinski definition) is 1. The first-order valence-electron chi connectivity index (χ1n) is 6.95. The lowest BCUT2D eigenvalue weighted by atomic mass is 10.3. The Balaban J connectivity index is 1.65. The quantitative estimate of drug-likeness (QED) is 0.878. The molecule has 5 heteroatoms. The molecule has 106 valence electrons. The summed E-state index contributed by atoms with van der Waals surface area (Å²) in [6, 6.07) is 5.54. The van der Waals surface area contributed by atoms with Crippen molar-refractivity contribution >= 4 is 5.69 Å². The van der Waals surface area contributed by atoms with Gasteiger partial charge in [0.1, 0.15) is 0 Å². The van der Waals surface area contributed by atoms with Crippen molar-refractivity contribution < 1.29 is 9.13 Å². The van der Waals surface area contributed by atoms with Crippen molar-refractivity contribution in [1.29, 1.82) is 0 Å². The molecule has 0 radical (unpaired) electrons. The standard InChI is InChI=1S/C15H18FN3O/c1-2-20-15-6-3-11(7-14(15)16)18-9-13-8-17-10-19(13)12-4-5-12/h3,6-8,10,12,18H,2,4-5,9H2,1H3. The van der Waals surface area contributed by atoms with Crippen molar-refractivity contribution in [3.8, 4) is 5.75 Å². The van der Waals surface area contributed by atoms with Crippen molar-refractivity contribution in [1.82, 2.24) is 9.55 Å². The van der Waals surface area contributed by atoms with Crippen LogP contribution in [-0.4, -0.2) is 16.2 Å². The second-order valence-electron chi connectivity index (χ2n) is 4.96. The zero-order valence-corrected chi connectivity index (χ0v) is 11.5. The van der Waals surface area contributed by atoms with E-state index < -0.39 is 0 Å². The summed E-state index contributed by atoms with van der Waals surface area (Å²) in [5.41, 5.74) is 1.87. The molecule has 1 fully saturated rings. The van der Waals surface area contributed by atoms with Crippen LogP contribution in [0.25, 0.3) is 0 Å². The molecule has 0 amide bonds. The fraction of sp³-hybridized carbons (Fsp3) is 0.400. The van der Waals surface area contributed by atoms with E-state index in [-0.39, 0.29) is 5.82 Å². The van der Waals surface area contributed by atoms with Gasteiger partial charge < -0.3 is 14.6 Å². The molecule has 1 N–H and O–H groups in total. The molecule has 0 bridgehead atoms. The summed E-state index contributed by atoms with van der Waals surface area (Å²) in [6.45, 7) is 2.94. The zero-order chi connectivity index (χ0) is 13.9. The van der Waals surface area contributed by atoms with Crippen LogP contribution in [0.3, 0.4) is 0 Å². The first-order valence-corrected chi connectivity index (χ1v) is 6.95. The van der Waals surface area contributed by atoms with Gasteiger partial charge in [0.25, 0.3) is 0 Å². The van der Waals surface area contributed by atoms with Gasteiger partial charge in [0.15, 0.2) is 11.6 Å². The highest BCUT2D eigenvalue weighted by Gasteiger charge is 2.24. The van der Waals surface area contributed by atoms with Gasteiger partial charge in [-0.1, -0.05) is 0 Å². The third kappa shape index (κ3) is 2.76. The van der Waals surface area contributed by atoms with Gasteiger partial charge in [-0.3, -0.25) is 0 Å². The smallest absolute Gasteiger partial charge is 0.167 e. The number of benzene rings is 1. The maximum absolute atomic E-state index is 13.7. The molecule has 3 rings (SSSR count). The van der Waals surface area contributed by atoms with E-state index in [4.69, 9.17) is 4.74 Å². The third-order valence-electron chi connectivity index (χ3n) is 3.39. The molecule has 1 saturated carbocycles. The number of aromatic nitrogens is 2. The minimum atomic E-state index is -0.340. The average Bonchev–Trinajstić information content (AvgIpc) is 3.18. The molecule has 1 heterocycles. The van der Waals surface area contributed by atoms with Crippen molar-refractivity contribution in [2.24, 2.45) is 0 Å². The Morgan fingerprint density at radius 2 is 2.30 bits per heavy atom. The number of ether oxygens (including phenoxy) is 1. The second-order valence-corrected chi connectivity index (χ2v) is 4.96. The van der Waals surface area contributed by atoms with Crippen LogP contribution in [0, 0.1) is 5.82 Å². The normalized spacial score (nSPS) is 14.3. The summed E-state index contributed by atoms with van der Waals surface area (Å²) in [4.78, 5) is 4.18. The minimum absolute atomic E-state index is 0.293. The number of imidazole rings is 1. The van der Waals surface area contributed by atoms with E-state index in [9.17, 15) is 4.39 Å². The average molecular weight is 275 g/mol. The Bertz CT molecular complexity index is 593. The van der Waals surface area contributed by atoms with Gasteiger partial charge in [-0.15, -0.1) is 0 Å². The Kier molecular flexibility index (Phi) is 3.58. The highest BCUT2D eigenvalue weighted by Crippen LogP contribution is 2.35. The maximum atomic E-state index is 13.7. The minimum Gasteiger partial charge on any atom is -0.491 e. The summed E-state index contributed by atoms with van der Waals surface area (Å²) < 4.78 is 21.1. The van der Waals surface area contributed by atoms with Crippen molar-refractivity contribution in [2.45, 2.75) is 32.4 Å². The topological polar surface area (TPSA) is 39.1 Å². The van der Waals surface area contributed by atoms with E-state index in [2.05, 4.69) is 14.9 Å². The van der Waals surface area contributed by atoms with Gasteiger partial charge in [-0.2, -0.15) is 0 Å². The van der Waals surface area contributed by atoms with E-state index in [0.717, 1.165) is 11.4 Å². The lowest BCUT2D eigenvalue weighted by Gasteiger charge is -2.10. The van der Waals surface area contributed by atoms with E-state index >= 15 is 0 Å². The van der Waals surface area contributed by atoms with Crippen molar-refractivity contribution in [3.63, 3.8) is 0 Å². The van der Waals surface area contributed by atoms with Gasteiger partial charge in [0.05, 0.1) is 25.2 Å². The van der Waals surface area contributed by atoms with Crippen LogP contribution >= 0.6 is 0 Å². The second kappa shape index (κ2) is 5.53.